The van der Waals surface area contributed by atoms with Crippen molar-refractivity contribution in [3.05, 3.63) is 78.3 Å². The highest BCUT2D eigenvalue weighted by Gasteiger charge is 2.32. The van der Waals surface area contributed by atoms with Crippen molar-refractivity contribution in [2.75, 3.05) is 16.8 Å². The lowest BCUT2D eigenvalue weighted by Crippen LogP contribution is -2.38. The van der Waals surface area contributed by atoms with Gasteiger partial charge in [-0.05, 0) is 48.5 Å². The fraction of sp³-hybridized carbons (Fsp3) is 0.182. The number of fused-ring (bicyclic) bond motifs is 1. The molecule has 0 saturated carbocycles. The van der Waals surface area contributed by atoms with E-state index in [0.29, 0.717) is 11.4 Å². The van der Waals surface area contributed by atoms with E-state index >= 15 is 0 Å². The maximum absolute atomic E-state index is 13.0. The van der Waals surface area contributed by atoms with E-state index < -0.39 is 17.6 Å². The fourth-order valence-electron chi connectivity index (χ4n) is 3.27. The molecule has 31 heavy (non-hydrogen) atoms. The first-order valence-corrected chi connectivity index (χ1v) is 10.3. The number of furan rings is 1. The van der Waals surface area contributed by atoms with Crippen molar-refractivity contribution >= 4 is 35.0 Å². The zero-order valence-corrected chi connectivity index (χ0v) is 16.9. The molecule has 1 aromatic heterocycles. The summed E-state index contributed by atoms with van der Waals surface area (Å²) in [6, 6.07) is 15.0. The average molecular weight is 446 g/mol. The Morgan fingerprint density at radius 1 is 1.10 bits per heavy atom. The Labute approximate surface area is 180 Å². The summed E-state index contributed by atoms with van der Waals surface area (Å²) >= 11 is 1.48. The van der Waals surface area contributed by atoms with E-state index in [1.165, 1.54) is 28.8 Å². The van der Waals surface area contributed by atoms with Gasteiger partial charge in [-0.1, -0.05) is 12.1 Å². The minimum absolute atomic E-state index is 0.139. The molecule has 3 aromatic rings. The molecular weight excluding hydrogens is 429 g/mol. The molecular formula is C22H17F3N2O3S. The number of anilines is 2. The molecule has 0 radical (unpaired) electrons. The van der Waals surface area contributed by atoms with Gasteiger partial charge in [-0.15, -0.1) is 11.8 Å². The van der Waals surface area contributed by atoms with Crippen LogP contribution < -0.4 is 10.2 Å². The second kappa shape index (κ2) is 8.50. The molecule has 0 unspecified atom stereocenters. The highest BCUT2D eigenvalue weighted by molar-refractivity contribution is 7.99. The van der Waals surface area contributed by atoms with E-state index in [1.807, 2.05) is 12.1 Å². The lowest BCUT2D eigenvalue weighted by atomic mass is 10.2. The number of alkyl halides is 3. The van der Waals surface area contributed by atoms with Gasteiger partial charge in [0.05, 0.1) is 22.8 Å². The number of para-hydroxylation sites is 1. The van der Waals surface area contributed by atoms with Crippen LogP contribution in [0.25, 0.3) is 0 Å². The van der Waals surface area contributed by atoms with E-state index in [1.54, 1.807) is 30.5 Å². The third-order valence-corrected chi connectivity index (χ3v) is 6.03. The molecule has 0 fully saturated rings. The molecule has 4 rings (SSSR count). The smallest absolute Gasteiger partial charge is 0.416 e. The molecule has 1 aliphatic heterocycles. The van der Waals surface area contributed by atoms with Gasteiger partial charge in [-0.25, -0.2) is 0 Å². The minimum Gasteiger partial charge on any atom is -0.468 e. The lowest BCUT2D eigenvalue weighted by Gasteiger charge is -2.22. The molecule has 2 aromatic carbocycles. The van der Waals surface area contributed by atoms with Crippen molar-refractivity contribution in [2.24, 2.45) is 0 Å². The number of carbonyl (C=O) groups is 2. The van der Waals surface area contributed by atoms with Crippen LogP contribution in [-0.2, 0) is 15.8 Å². The zero-order valence-electron chi connectivity index (χ0n) is 16.1. The van der Waals surface area contributed by atoms with E-state index in [4.69, 9.17) is 4.42 Å². The van der Waals surface area contributed by atoms with E-state index in [-0.39, 0.29) is 29.8 Å². The van der Waals surface area contributed by atoms with Gasteiger partial charge in [0, 0.05) is 17.0 Å². The molecule has 2 amide bonds. The topological polar surface area (TPSA) is 62.6 Å². The van der Waals surface area contributed by atoms with Gasteiger partial charge in [-0.2, -0.15) is 13.2 Å². The predicted molar refractivity (Wildman–Crippen MR) is 111 cm³/mol. The monoisotopic (exact) mass is 446 g/mol. The van der Waals surface area contributed by atoms with Gasteiger partial charge in [0.1, 0.15) is 12.3 Å². The van der Waals surface area contributed by atoms with Crippen molar-refractivity contribution in [3.8, 4) is 0 Å². The zero-order chi connectivity index (χ0) is 22.0. The molecule has 1 aliphatic rings. The standard InChI is InChI=1S/C22H17F3N2O3S/c23-22(24,25)14-7-9-15(10-8-14)26-20(28)13-27-16-4-1-2-6-18(16)31-19(12-21(27)29)17-5-3-11-30-17/h1-11,19H,12-13H2,(H,26,28)/t19-/m0/s1. The number of carbonyl (C=O) groups excluding carboxylic acids is 2. The van der Waals surface area contributed by atoms with E-state index in [2.05, 4.69) is 5.32 Å². The Morgan fingerprint density at radius 3 is 2.52 bits per heavy atom. The maximum atomic E-state index is 13.0. The SMILES string of the molecule is O=C(CN1C(=O)C[C@@H](c2ccco2)Sc2ccccc21)Nc1ccc(C(F)(F)F)cc1. The highest BCUT2D eigenvalue weighted by atomic mass is 32.2. The number of nitrogens with one attached hydrogen (secondary N) is 1. The van der Waals surface area contributed by atoms with Gasteiger partial charge in [0.25, 0.3) is 0 Å². The lowest BCUT2D eigenvalue weighted by molar-refractivity contribution is -0.137. The number of amides is 2. The van der Waals surface area contributed by atoms with Crippen molar-refractivity contribution in [1.82, 2.24) is 0 Å². The molecule has 0 aliphatic carbocycles. The Morgan fingerprint density at radius 2 is 1.84 bits per heavy atom. The van der Waals surface area contributed by atoms with Crippen molar-refractivity contribution in [1.29, 1.82) is 0 Å². The van der Waals surface area contributed by atoms with Gasteiger partial charge in [-0.3, -0.25) is 9.59 Å². The van der Waals surface area contributed by atoms with Crippen LogP contribution in [0.1, 0.15) is 23.0 Å². The number of halogens is 3. The second-order valence-electron chi connectivity index (χ2n) is 6.90. The molecule has 0 bridgehead atoms. The fourth-order valence-corrected chi connectivity index (χ4v) is 4.51. The number of hydrogen-bond donors (Lipinski definition) is 1. The Kier molecular flexibility index (Phi) is 5.77. The van der Waals surface area contributed by atoms with Crippen LogP contribution >= 0.6 is 11.8 Å². The molecule has 0 spiro atoms. The number of rotatable bonds is 4. The Balaban J connectivity index is 1.52. The van der Waals surface area contributed by atoms with Crippen LogP contribution in [-0.4, -0.2) is 18.4 Å². The molecule has 5 nitrogen and oxygen atoms in total. The maximum Gasteiger partial charge on any atom is 0.416 e. The number of benzene rings is 2. The molecule has 160 valence electrons. The summed E-state index contributed by atoms with van der Waals surface area (Å²) in [5.74, 6) is -0.0880. The first-order chi connectivity index (χ1) is 14.8. The molecule has 2 heterocycles. The summed E-state index contributed by atoms with van der Waals surface area (Å²) in [6.07, 6.45) is -2.76. The average Bonchev–Trinajstić information content (AvgIpc) is 3.22. The van der Waals surface area contributed by atoms with Crippen molar-refractivity contribution in [2.45, 2.75) is 22.7 Å². The molecule has 0 saturated heterocycles. The largest absolute Gasteiger partial charge is 0.468 e. The van der Waals surface area contributed by atoms with Crippen LogP contribution in [0.15, 0.2) is 76.2 Å². The molecule has 1 N–H and O–H groups in total. The van der Waals surface area contributed by atoms with E-state index in [0.717, 1.165) is 17.0 Å². The Hall–Kier alpha value is -3.20. The number of nitrogens with zero attached hydrogens (tertiary/aromatic N) is 1. The van der Waals surface area contributed by atoms with Gasteiger partial charge in [0.2, 0.25) is 11.8 Å². The summed E-state index contributed by atoms with van der Waals surface area (Å²) in [5, 5.41) is 2.32. The van der Waals surface area contributed by atoms with Crippen LogP contribution in [0.3, 0.4) is 0 Å². The highest BCUT2D eigenvalue weighted by Crippen LogP contribution is 2.45. The summed E-state index contributed by atoms with van der Waals surface area (Å²) in [5.41, 5.74) is 0.0219. The molecule has 1 atom stereocenters. The van der Waals surface area contributed by atoms with Crippen LogP contribution in [0.2, 0.25) is 0 Å². The third-order valence-electron chi connectivity index (χ3n) is 4.74. The van der Waals surface area contributed by atoms with Gasteiger partial charge in [0.15, 0.2) is 0 Å². The number of thioether (sulfide) groups is 1. The first kappa shape index (κ1) is 21.0. The number of hydrogen-bond acceptors (Lipinski definition) is 4. The summed E-state index contributed by atoms with van der Waals surface area (Å²) in [6.45, 7) is -0.262. The first-order valence-electron chi connectivity index (χ1n) is 9.38. The summed E-state index contributed by atoms with van der Waals surface area (Å²) in [4.78, 5) is 27.8. The summed E-state index contributed by atoms with van der Waals surface area (Å²) < 4.78 is 43.6. The third kappa shape index (κ3) is 4.77. The van der Waals surface area contributed by atoms with Crippen molar-refractivity contribution in [3.63, 3.8) is 0 Å². The quantitative estimate of drug-likeness (QED) is 0.574. The predicted octanol–water partition coefficient (Wildman–Crippen LogP) is 5.51. The normalized spacial score (nSPS) is 16.5. The minimum atomic E-state index is -4.45. The van der Waals surface area contributed by atoms with Crippen molar-refractivity contribution < 1.29 is 27.2 Å². The van der Waals surface area contributed by atoms with Crippen LogP contribution in [0.5, 0.6) is 0 Å². The summed E-state index contributed by atoms with van der Waals surface area (Å²) in [7, 11) is 0. The van der Waals surface area contributed by atoms with Gasteiger partial charge < -0.3 is 14.6 Å². The Bertz CT molecular complexity index is 1080. The molecule has 9 heteroatoms. The second-order valence-corrected chi connectivity index (χ2v) is 8.14. The van der Waals surface area contributed by atoms with Crippen LogP contribution in [0, 0.1) is 0 Å². The van der Waals surface area contributed by atoms with Crippen LogP contribution in [0.4, 0.5) is 24.5 Å². The van der Waals surface area contributed by atoms with E-state index in [9.17, 15) is 22.8 Å². The van der Waals surface area contributed by atoms with Gasteiger partial charge >= 0.3 is 6.18 Å².